The number of hydrogen-bond donors (Lipinski definition) is 1. The number of nitro groups is 1. The van der Waals surface area contributed by atoms with Crippen molar-refractivity contribution in [1.29, 1.82) is 0 Å². The van der Waals surface area contributed by atoms with Crippen LogP contribution in [0, 0.1) is 10.1 Å². The molecule has 0 radical (unpaired) electrons. The number of rotatable bonds is 2. The molecule has 0 saturated carbocycles. The van der Waals surface area contributed by atoms with Crippen LogP contribution in [0.3, 0.4) is 0 Å². The highest BCUT2D eigenvalue weighted by Gasteiger charge is 2.20. The fourth-order valence-electron chi connectivity index (χ4n) is 2.35. The monoisotopic (exact) mass is 337 g/mol. The minimum absolute atomic E-state index is 0. The Morgan fingerprint density at radius 2 is 2.04 bits per heavy atom. The molecule has 8 nitrogen and oxygen atoms in total. The van der Waals surface area contributed by atoms with E-state index in [1.165, 1.54) is 6.20 Å². The van der Waals surface area contributed by atoms with Crippen LogP contribution in [0.2, 0.25) is 0 Å². The molecule has 2 aromatic rings. The molecule has 2 heterocycles. The molecule has 0 amide bonds. The second kappa shape index (κ2) is 7.21. The molecule has 1 aromatic carbocycles. The highest BCUT2D eigenvalue weighted by atomic mass is 35.5. The van der Waals surface area contributed by atoms with Gasteiger partial charge in [-0.25, -0.2) is 9.98 Å². The van der Waals surface area contributed by atoms with Crippen LogP contribution in [0.25, 0.3) is 10.9 Å². The van der Waals surface area contributed by atoms with E-state index in [2.05, 4.69) is 9.98 Å². The van der Waals surface area contributed by atoms with Gasteiger partial charge in [-0.05, 0) is 6.07 Å². The van der Waals surface area contributed by atoms with E-state index in [0.717, 1.165) is 0 Å². The van der Waals surface area contributed by atoms with Crippen molar-refractivity contribution >= 4 is 40.6 Å². The van der Waals surface area contributed by atoms with Gasteiger partial charge in [-0.15, -0.1) is 12.4 Å². The van der Waals surface area contributed by atoms with Gasteiger partial charge < -0.3 is 15.4 Å². The predicted molar refractivity (Wildman–Crippen MR) is 89.3 cm³/mol. The number of morpholine rings is 1. The summed E-state index contributed by atoms with van der Waals surface area (Å²) in [6, 6.07) is 7.14. The first-order valence-electron chi connectivity index (χ1n) is 6.86. The smallest absolute Gasteiger partial charge is 0.313 e. The summed E-state index contributed by atoms with van der Waals surface area (Å²) >= 11 is 0. The van der Waals surface area contributed by atoms with Crippen molar-refractivity contribution in [1.82, 2.24) is 9.88 Å². The van der Waals surface area contributed by atoms with E-state index in [-0.39, 0.29) is 29.7 Å². The maximum atomic E-state index is 11.2. The number of ether oxygens (including phenoxy) is 1. The van der Waals surface area contributed by atoms with E-state index in [1.807, 2.05) is 11.0 Å². The normalized spacial score (nSPS) is 15.3. The molecule has 1 aliphatic rings. The van der Waals surface area contributed by atoms with Crippen molar-refractivity contribution in [2.75, 3.05) is 26.3 Å². The van der Waals surface area contributed by atoms with Crippen LogP contribution in [0.15, 0.2) is 35.5 Å². The zero-order chi connectivity index (χ0) is 15.5. The third-order valence-electron chi connectivity index (χ3n) is 3.49. The van der Waals surface area contributed by atoms with Gasteiger partial charge in [-0.1, -0.05) is 18.2 Å². The first kappa shape index (κ1) is 16.9. The number of halogens is 1. The first-order chi connectivity index (χ1) is 10.7. The summed E-state index contributed by atoms with van der Waals surface area (Å²) in [5.74, 6) is 0.253. The van der Waals surface area contributed by atoms with Gasteiger partial charge >= 0.3 is 5.69 Å². The molecule has 9 heteroatoms. The van der Waals surface area contributed by atoms with Gasteiger partial charge in [0.2, 0.25) is 0 Å². The predicted octanol–water partition coefficient (Wildman–Crippen LogP) is 1.84. The quantitative estimate of drug-likeness (QED) is 0.388. The number of nitrogens with two attached hydrogens (primary N) is 1. The van der Waals surface area contributed by atoms with Crippen LogP contribution >= 0.6 is 12.4 Å². The van der Waals surface area contributed by atoms with Crippen LogP contribution in [0.4, 0.5) is 11.4 Å². The van der Waals surface area contributed by atoms with E-state index >= 15 is 0 Å². The van der Waals surface area contributed by atoms with Gasteiger partial charge in [0.15, 0.2) is 11.6 Å². The molecule has 0 spiro atoms. The Morgan fingerprint density at radius 1 is 1.35 bits per heavy atom. The van der Waals surface area contributed by atoms with Crippen molar-refractivity contribution in [2.24, 2.45) is 10.7 Å². The lowest BCUT2D eigenvalue weighted by Crippen LogP contribution is -2.44. The molecule has 0 aliphatic carbocycles. The Balaban J connectivity index is 0.00000192. The number of fused-ring (bicyclic) bond motifs is 1. The topological polar surface area (TPSA) is 107 Å². The molecule has 0 atom stereocenters. The number of nitrogens with zero attached hydrogens (tertiary/aromatic N) is 4. The Bertz CT molecular complexity index is 746. The van der Waals surface area contributed by atoms with Gasteiger partial charge in [0, 0.05) is 18.5 Å². The van der Waals surface area contributed by atoms with E-state index in [1.54, 1.807) is 18.2 Å². The molecule has 1 saturated heterocycles. The van der Waals surface area contributed by atoms with Gasteiger partial charge in [0.05, 0.1) is 23.7 Å². The third-order valence-corrected chi connectivity index (χ3v) is 3.49. The van der Waals surface area contributed by atoms with Gasteiger partial charge in [-0.2, -0.15) is 0 Å². The van der Waals surface area contributed by atoms with Gasteiger partial charge in [-0.3, -0.25) is 10.1 Å². The average molecular weight is 338 g/mol. The minimum Gasteiger partial charge on any atom is -0.378 e. The van der Waals surface area contributed by atoms with Crippen molar-refractivity contribution in [3.05, 3.63) is 40.6 Å². The zero-order valence-corrected chi connectivity index (χ0v) is 13.0. The van der Waals surface area contributed by atoms with Gasteiger partial charge in [0.25, 0.3) is 0 Å². The fraction of sp³-hybridized carbons (Fsp3) is 0.286. The van der Waals surface area contributed by atoms with Crippen molar-refractivity contribution < 1.29 is 9.66 Å². The standard InChI is InChI=1S/C14H15N5O3.ClH/c15-14(18-5-7-22-8-6-18)17-13-10-3-1-2-4-11(10)16-9-12(13)19(20)21;/h1-4,9H,5-8H2,(H2,15,16,17);1H. The third kappa shape index (κ3) is 3.49. The van der Waals surface area contributed by atoms with E-state index in [4.69, 9.17) is 10.5 Å². The summed E-state index contributed by atoms with van der Waals surface area (Å²) < 4.78 is 5.26. The SMILES string of the molecule is Cl.NC(=Nc1c([N+](=O)[O-])cnc2ccccc12)N1CCOCC1. The molecule has 3 rings (SSSR count). The second-order valence-corrected chi connectivity index (χ2v) is 4.84. The molecule has 0 bridgehead atoms. The van der Waals surface area contributed by atoms with Crippen LogP contribution in [-0.4, -0.2) is 47.1 Å². The summed E-state index contributed by atoms with van der Waals surface area (Å²) in [6.45, 7) is 2.36. The lowest BCUT2D eigenvalue weighted by atomic mass is 10.1. The molecule has 0 unspecified atom stereocenters. The number of guanidine groups is 1. The van der Waals surface area contributed by atoms with Crippen LogP contribution in [0.1, 0.15) is 0 Å². The Labute approximate surface area is 138 Å². The maximum Gasteiger partial charge on any atom is 0.313 e. The summed E-state index contributed by atoms with van der Waals surface area (Å²) in [7, 11) is 0. The number of pyridine rings is 1. The van der Waals surface area contributed by atoms with Crippen molar-refractivity contribution in [3.63, 3.8) is 0 Å². The van der Waals surface area contributed by atoms with Crippen LogP contribution < -0.4 is 5.73 Å². The lowest BCUT2D eigenvalue weighted by Gasteiger charge is -2.27. The summed E-state index contributed by atoms with van der Waals surface area (Å²) in [5, 5.41) is 11.8. The fourth-order valence-corrected chi connectivity index (χ4v) is 2.35. The number of aromatic nitrogens is 1. The molecule has 1 fully saturated rings. The molecule has 122 valence electrons. The van der Waals surface area contributed by atoms with Crippen molar-refractivity contribution in [2.45, 2.75) is 0 Å². The number of aliphatic imine (C=N–C) groups is 1. The molecule has 1 aliphatic heterocycles. The van der Waals surface area contributed by atoms with E-state index < -0.39 is 4.92 Å². The van der Waals surface area contributed by atoms with E-state index in [0.29, 0.717) is 37.2 Å². The molecular weight excluding hydrogens is 322 g/mol. The Kier molecular flexibility index (Phi) is 5.30. The highest BCUT2D eigenvalue weighted by Crippen LogP contribution is 2.34. The molecular formula is C14H16ClN5O3. The maximum absolute atomic E-state index is 11.2. The summed E-state index contributed by atoms with van der Waals surface area (Å²) in [5.41, 5.74) is 6.74. The number of hydrogen-bond acceptors (Lipinski definition) is 5. The largest absolute Gasteiger partial charge is 0.378 e. The summed E-state index contributed by atoms with van der Waals surface area (Å²) in [6.07, 6.45) is 1.22. The van der Waals surface area contributed by atoms with Crippen LogP contribution in [-0.2, 0) is 4.74 Å². The molecule has 23 heavy (non-hydrogen) atoms. The highest BCUT2D eigenvalue weighted by molar-refractivity contribution is 5.97. The zero-order valence-electron chi connectivity index (χ0n) is 12.2. The van der Waals surface area contributed by atoms with Crippen LogP contribution in [0.5, 0.6) is 0 Å². The van der Waals surface area contributed by atoms with E-state index in [9.17, 15) is 10.1 Å². The second-order valence-electron chi connectivity index (χ2n) is 4.84. The summed E-state index contributed by atoms with van der Waals surface area (Å²) in [4.78, 5) is 21.0. The number of benzene rings is 1. The lowest BCUT2D eigenvalue weighted by molar-refractivity contribution is -0.384. The van der Waals surface area contributed by atoms with Gasteiger partial charge in [0.1, 0.15) is 6.20 Å². The Morgan fingerprint density at radius 3 is 2.74 bits per heavy atom. The molecule has 1 aromatic heterocycles. The average Bonchev–Trinajstić information content (AvgIpc) is 2.55. The number of para-hydroxylation sites is 1. The first-order valence-corrected chi connectivity index (χ1v) is 6.86. The molecule has 2 N–H and O–H groups in total. The Hall–Kier alpha value is -2.45. The van der Waals surface area contributed by atoms with Crippen molar-refractivity contribution in [3.8, 4) is 0 Å². The minimum atomic E-state index is -0.495.